The van der Waals surface area contributed by atoms with E-state index in [-0.39, 0.29) is 16.8 Å². The summed E-state index contributed by atoms with van der Waals surface area (Å²) >= 11 is 4.31. The number of carbonyl (C=O) groups excluding carboxylic acids is 1. The minimum atomic E-state index is -0.398. The van der Waals surface area contributed by atoms with E-state index in [1.165, 1.54) is 29.2 Å². The van der Waals surface area contributed by atoms with Gasteiger partial charge in [0.25, 0.3) is 5.69 Å². The summed E-state index contributed by atoms with van der Waals surface area (Å²) < 4.78 is 0.791. The lowest BCUT2D eigenvalue weighted by molar-refractivity contribution is -0.384. The Morgan fingerprint density at radius 2 is 2.03 bits per heavy atom. The molecule has 3 aromatic rings. The number of fused-ring (bicyclic) bond motifs is 1. The van der Waals surface area contributed by atoms with Crippen molar-refractivity contribution in [3.63, 3.8) is 0 Å². The highest BCUT2D eigenvalue weighted by atomic mass is 32.2. The molecule has 1 aromatic heterocycles. The number of anilines is 2. The molecule has 11 heteroatoms. The Hall–Kier alpha value is -2.63. The molecule has 1 atom stereocenters. The van der Waals surface area contributed by atoms with Crippen LogP contribution in [0.3, 0.4) is 0 Å². The molecule has 0 aliphatic carbocycles. The van der Waals surface area contributed by atoms with Crippen LogP contribution in [0.2, 0.25) is 0 Å². The number of nitro benzene ring substituents is 1. The highest BCUT2D eigenvalue weighted by molar-refractivity contribution is 8.27. The van der Waals surface area contributed by atoms with Gasteiger partial charge in [-0.1, -0.05) is 23.5 Å². The first-order valence-corrected chi connectivity index (χ1v) is 13.0. The number of benzene rings is 2. The van der Waals surface area contributed by atoms with Crippen LogP contribution >= 0.6 is 34.9 Å². The molecule has 1 aliphatic rings. The number of rotatable bonds is 9. The Labute approximate surface area is 197 Å². The molecule has 2 heterocycles. The quantitative estimate of drug-likeness (QED) is 0.320. The molecule has 0 saturated carbocycles. The van der Waals surface area contributed by atoms with Crippen LogP contribution in [0, 0.1) is 10.1 Å². The normalized spacial score (nSPS) is 15.7. The molecular weight excluding hydrogens is 466 g/mol. The highest BCUT2D eigenvalue weighted by Gasteiger charge is 2.27. The van der Waals surface area contributed by atoms with Crippen molar-refractivity contribution >= 4 is 71.9 Å². The maximum Gasteiger partial charge on any atom is 0.270 e. The number of amidine groups is 1. The van der Waals surface area contributed by atoms with Gasteiger partial charge in [0.15, 0.2) is 10.3 Å². The van der Waals surface area contributed by atoms with Gasteiger partial charge in [-0.3, -0.25) is 14.9 Å². The molecule has 1 aliphatic heterocycles. The topological polar surface area (TPSA) is 110 Å². The lowest BCUT2D eigenvalue weighted by Crippen LogP contribution is -2.11. The van der Waals surface area contributed by atoms with Crippen molar-refractivity contribution in [1.29, 1.82) is 0 Å². The predicted molar refractivity (Wildman–Crippen MR) is 135 cm³/mol. The minimum Gasteiger partial charge on any atom is -0.361 e. The third-order valence-corrected chi connectivity index (χ3v) is 7.31. The van der Waals surface area contributed by atoms with Gasteiger partial charge < -0.3 is 10.6 Å². The molecule has 0 saturated heterocycles. The van der Waals surface area contributed by atoms with Crippen molar-refractivity contribution in [2.24, 2.45) is 4.99 Å². The SMILES string of the molecule is CSCC[C@@H]1N=C(Nc2ccc(CCNc3nc4ccc([N+](=O)[O-])cc4s3)cc2)SC1=O. The maximum atomic E-state index is 12.0. The summed E-state index contributed by atoms with van der Waals surface area (Å²) in [4.78, 5) is 31.5. The van der Waals surface area contributed by atoms with Gasteiger partial charge in [-0.25, -0.2) is 9.98 Å². The summed E-state index contributed by atoms with van der Waals surface area (Å²) in [6.45, 7) is 0.697. The number of carbonyl (C=O) groups is 1. The number of nitrogens with one attached hydrogen (secondary N) is 2. The Balaban J connectivity index is 1.28. The van der Waals surface area contributed by atoms with Gasteiger partial charge >= 0.3 is 0 Å². The number of hydrogen-bond acceptors (Lipinski definition) is 10. The van der Waals surface area contributed by atoms with Gasteiger partial charge in [0.05, 0.1) is 15.1 Å². The summed E-state index contributed by atoms with van der Waals surface area (Å²) in [6.07, 6.45) is 3.61. The first-order chi connectivity index (χ1) is 15.5. The first kappa shape index (κ1) is 22.6. The molecule has 32 heavy (non-hydrogen) atoms. The summed E-state index contributed by atoms with van der Waals surface area (Å²) in [5.41, 5.74) is 2.89. The molecule has 8 nitrogen and oxygen atoms in total. The zero-order valence-electron chi connectivity index (χ0n) is 17.2. The van der Waals surface area contributed by atoms with Crippen molar-refractivity contribution < 1.29 is 9.72 Å². The molecule has 4 rings (SSSR count). The Morgan fingerprint density at radius 3 is 2.78 bits per heavy atom. The molecule has 0 spiro atoms. The van der Waals surface area contributed by atoms with Crippen molar-refractivity contribution in [2.75, 3.05) is 29.2 Å². The summed E-state index contributed by atoms with van der Waals surface area (Å²) in [7, 11) is 0. The average molecular weight is 488 g/mol. The lowest BCUT2D eigenvalue weighted by Gasteiger charge is -2.07. The number of aromatic nitrogens is 1. The highest BCUT2D eigenvalue weighted by Crippen LogP contribution is 2.29. The van der Waals surface area contributed by atoms with Crippen LogP contribution in [-0.4, -0.2) is 44.8 Å². The number of thioether (sulfide) groups is 2. The molecule has 166 valence electrons. The number of non-ortho nitro benzene ring substituents is 1. The van der Waals surface area contributed by atoms with Gasteiger partial charge in [0.2, 0.25) is 5.12 Å². The zero-order chi connectivity index (χ0) is 22.5. The van der Waals surface area contributed by atoms with E-state index in [1.54, 1.807) is 23.9 Å². The van der Waals surface area contributed by atoms with Crippen LogP contribution in [0.4, 0.5) is 16.5 Å². The number of thiazole rings is 1. The summed E-state index contributed by atoms with van der Waals surface area (Å²) in [5, 5.41) is 18.9. The monoisotopic (exact) mass is 487 g/mol. The van der Waals surface area contributed by atoms with Crippen LogP contribution in [0.1, 0.15) is 12.0 Å². The average Bonchev–Trinajstić information content (AvgIpc) is 3.35. The van der Waals surface area contributed by atoms with Crippen LogP contribution in [-0.2, 0) is 11.2 Å². The number of nitrogens with zero attached hydrogens (tertiary/aromatic N) is 3. The number of aliphatic imine (C=N–C) groups is 1. The summed E-state index contributed by atoms with van der Waals surface area (Å²) in [6, 6.07) is 12.5. The first-order valence-electron chi connectivity index (χ1n) is 9.95. The lowest BCUT2D eigenvalue weighted by atomic mass is 10.1. The molecule has 2 aromatic carbocycles. The molecule has 2 N–H and O–H groups in total. The van der Waals surface area contributed by atoms with Gasteiger partial charge in [-0.2, -0.15) is 11.8 Å². The van der Waals surface area contributed by atoms with Gasteiger partial charge in [0, 0.05) is 24.4 Å². The van der Waals surface area contributed by atoms with E-state index < -0.39 is 4.92 Å². The van der Waals surface area contributed by atoms with Crippen LogP contribution in [0.5, 0.6) is 0 Å². The van der Waals surface area contributed by atoms with Crippen molar-refractivity contribution in [1.82, 2.24) is 4.98 Å². The smallest absolute Gasteiger partial charge is 0.270 e. The zero-order valence-corrected chi connectivity index (χ0v) is 19.7. The van der Waals surface area contributed by atoms with Crippen molar-refractivity contribution in [3.05, 3.63) is 58.1 Å². The largest absolute Gasteiger partial charge is 0.361 e. The second-order valence-electron chi connectivity index (χ2n) is 7.08. The van der Waals surface area contributed by atoms with E-state index in [9.17, 15) is 14.9 Å². The van der Waals surface area contributed by atoms with Crippen LogP contribution in [0.15, 0.2) is 47.5 Å². The second kappa shape index (κ2) is 10.3. The predicted octanol–water partition coefficient (Wildman–Crippen LogP) is 5.02. The van der Waals surface area contributed by atoms with Crippen LogP contribution < -0.4 is 10.6 Å². The van der Waals surface area contributed by atoms with E-state index in [0.29, 0.717) is 11.7 Å². The Bertz CT molecular complexity index is 1160. The maximum absolute atomic E-state index is 12.0. The fourth-order valence-electron chi connectivity index (χ4n) is 3.15. The van der Waals surface area contributed by atoms with Crippen molar-refractivity contribution in [3.8, 4) is 0 Å². The number of hydrogen-bond donors (Lipinski definition) is 2. The fourth-order valence-corrected chi connectivity index (χ4v) is 5.38. The molecule has 0 amide bonds. The summed E-state index contributed by atoms with van der Waals surface area (Å²) in [5.74, 6) is 0.924. The number of nitro groups is 1. The Kier molecular flexibility index (Phi) is 7.28. The van der Waals surface area contributed by atoms with E-state index in [1.807, 2.05) is 30.5 Å². The second-order valence-corrected chi connectivity index (χ2v) is 10.1. The molecule has 0 radical (unpaired) electrons. The third kappa shape index (κ3) is 5.59. The van der Waals surface area contributed by atoms with Gasteiger partial charge in [-0.15, -0.1) is 0 Å². The third-order valence-electron chi connectivity index (χ3n) is 4.82. The van der Waals surface area contributed by atoms with E-state index >= 15 is 0 Å². The molecule has 0 fully saturated rings. The molecular formula is C21H21N5O3S3. The standard InChI is InChI=1S/C21H21N5O3S3/c1-30-11-9-17-19(27)32-21(25-17)23-14-4-2-13(3-5-14)8-10-22-20-24-16-7-6-15(26(28)29)12-18(16)31-20/h2-7,12,17H,8-11H2,1H3,(H,22,24)(H,23,25)/t17-/m0/s1. The van der Waals surface area contributed by atoms with Gasteiger partial charge in [-0.05, 0) is 60.4 Å². The van der Waals surface area contributed by atoms with E-state index in [0.717, 1.165) is 45.2 Å². The fraction of sp³-hybridized carbons (Fsp3) is 0.286. The van der Waals surface area contributed by atoms with Crippen molar-refractivity contribution in [2.45, 2.75) is 18.9 Å². The van der Waals surface area contributed by atoms with E-state index in [4.69, 9.17) is 0 Å². The molecule has 0 bridgehead atoms. The molecule has 0 unspecified atom stereocenters. The van der Waals surface area contributed by atoms with Gasteiger partial charge in [0.1, 0.15) is 6.04 Å². The minimum absolute atomic E-state index is 0.0724. The van der Waals surface area contributed by atoms with Crippen LogP contribution in [0.25, 0.3) is 10.2 Å². The van der Waals surface area contributed by atoms with E-state index in [2.05, 4.69) is 20.6 Å². The Morgan fingerprint density at radius 1 is 1.22 bits per heavy atom.